The Morgan fingerprint density at radius 2 is 2.20 bits per heavy atom. The molecule has 1 heterocycles. The van der Waals surface area contributed by atoms with Gasteiger partial charge >= 0.3 is 0 Å². The Hall–Kier alpha value is -0.870. The maximum atomic E-state index is 9.91. The predicted octanol–water partition coefficient (Wildman–Crippen LogP) is 1.18. The van der Waals surface area contributed by atoms with Crippen LogP contribution in [-0.2, 0) is 6.54 Å². The summed E-state index contributed by atoms with van der Waals surface area (Å²) in [6, 6.07) is 0. The van der Waals surface area contributed by atoms with Crippen molar-refractivity contribution in [1.82, 2.24) is 14.9 Å². The second-order valence-electron chi connectivity index (χ2n) is 4.17. The molecular formula is C11H21N3O. The molecule has 1 unspecified atom stereocenters. The van der Waals surface area contributed by atoms with Crippen molar-refractivity contribution in [2.75, 3.05) is 13.1 Å². The second kappa shape index (κ2) is 5.88. The average molecular weight is 211 g/mol. The van der Waals surface area contributed by atoms with Gasteiger partial charge in [-0.1, -0.05) is 13.8 Å². The SMILES string of the molecule is CCn1cncc1C(O)CNCC(C)C. The number of hydrogen-bond acceptors (Lipinski definition) is 3. The Balaban J connectivity index is 2.43. The quantitative estimate of drug-likeness (QED) is 0.743. The van der Waals surface area contributed by atoms with E-state index in [1.165, 1.54) is 0 Å². The van der Waals surface area contributed by atoms with Gasteiger partial charge in [0, 0.05) is 13.1 Å². The molecule has 0 aliphatic carbocycles. The molecule has 0 aliphatic heterocycles. The highest BCUT2D eigenvalue weighted by Crippen LogP contribution is 2.10. The lowest BCUT2D eigenvalue weighted by atomic mass is 10.2. The van der Waals surface area contributed by atoms with Gasteiger partial charge in [-0.15, -0.1) is 0 Å². The molecule has 0 spiro atoms. The maximum Gasteiger partial charge on any atom is 0.108 e. The molecule has 2 N–H and O–H groups in total. The van der Waals surface area contributed by atoms with E-state index < -0.39 is 6.10 Å². The summed E-state index contributed by atoms with van der Waals surface area (Å²) in [5.41, 5.74) is 0.883. The number of nitrogens with one attached hydrogen (secondary N) is 1. The first-order valence-corrected chi connectivity index (χ1v) is 5.54. The lowest BCUT2D eigenvalue weighted by molar-refractivity contribution is 0.164. The molecule has 1 rings (SSSR count). The molecule has 4 nitrogen and oxygen atoms in total. The zero-order valence-electron chi connectivity index (χ0n) is 9.77. The van der Waals surface area contributed by atoms with Gasteiger partial charge in [-0.05, 0) is 19.4 Å². The molecule has 0 aliphatic rings. The van der Waals surface area contributed by atoms with E-state index >= 15 is 0 Å². The van der Waals surface area contributed by atoms with Crippen molar-refractivity contribution in [1.29, 1.82) is 0 Å². The van der Waals surface area contributed by atoms with Crippen molar-refractivity contribution >= 4 is 0 Å². The Morgan fingerprint density at radius 1 is 1.47 bits per heavy atom. The number of nitrogens with zero attached hydrogens (tertiary/aromatic N) is 2. The van der Waals surface area contributed by atoms with Gasteiger partial charge < -0.3 is 15.0 Å². The van der Waals surface area contributed by atoms with Gasteiger partial charge in [0.2, 0.25) is 0 Å². The van der Waals surface area contributed by atoms with Crippen molar-refractivity contribution in [2.45, 2.75) is 33.4 Å². The molecule has 86 valence electrons. The highest BCUT2D eigenvalue weighted by atomic mass is 16.3. The molecule has 1 aromatic rings. The minimum absolute atomic E-state index is 0.466. The van der Waals surface area contributed by atoms with Crippen molar-refractivity contribution in [3.63, 3.8) is 0 Å². The summed E-state index contributed by atoms with van der Waals surface area (Å²) < 4.78 is 1.96. The molecular weight excluding hydrogens is 190 g/mol. The molecule has 0 aromatic carbocycles. The number of aliphatic hydroxyl groups excluding tert-OH is 1. The Kier molecular flexibility index (Phi) is 4.78. The second-order valence-corrected chi connectivity index (χ2v) is 4.17. The lowest BCUT2D eigenvalue weighted by Crippen LogP contribution is -2.26. The molecule has 4 heteroatoms. The summed E-state index contributed by atoms with van der Waals surface area (Å²) in [7, 11) is 0. The fraction of sp³-hybridized carbons (Fsp3) is 0.727. The third-order valence-electron chi connectivity index (χ3n) is 2.32. The highest BCUT2D eigenvalue weighted by molar-refractivity contribution is 5.03. The van der Waals surface area contributed by atoms with Crippen LogP contribution in [-0.4, -0.2) is 27.7 Å². The smallest absolute Gasteiger partial charge is 0.108 e. The van der Waals surface area contributed by atoms with Gasteiger partial charge in [0.15, 0.2) is 0 Å². The first-order valence-electron chi connectivity index (χ1n) is 5.54. The summed E-state index contributed by atoms with van der Waals surface area (Å²) in [6.07, 6.45) is 3.01. The summed E-state index contributed by atoms with van der Waals surface area (Å²) in [5.74, 6) is 0.605. The van der Waals surface area contributed by atoms with E-state index in [1.54, 1.807) is 12.5 Å². The van der Waals surface area contributed by atoms with E-state index in [0.29, 0.717) is 12.5 Å². The Morgan fingerprint density at radius 3 is 2.80 bits per heavy atom. The molecule has 0 bridgehead atoms. The van der Waals surface area contributed by atoms with Crippen molar-refractivity contribution < 1.29 is 5.11 Å². The average Bonchev–Trinajstić information content (AvgIpc) is 2.64. The highest BCUT2D eigenvalue weighted by Gasteiger charge is 2.11. The summed E-state index contributed by atoms with van der Waals surface area (Å²) in [6.45, 7) is 8.70. The molecule has 0 saturated heterocycles. The van der Waals surface area contributed by atoms with Crippen LogP contribution in [0.15, 0.2) is 12.5 Å². The number of aromatic nitrogens is 2. The molecule has 0 saturated carbocycles. The van der Waals surface area contributed by atoms with Gasteiger partial charge in [0.05, 0.1) is 18.2 Å². The summed E-state index contributed by atoms with van der Waals surface area (Å²) in [5, 5.41) is 13.1. The van der Waals surface area contributed by atoms with Crippen molar-refractivity contribution in [3.05, 3.63) is 18.2 Å². The van der Waals surface area contributed by atoms with Crippen LogP contribution < -0.4 is 5.32 Å². The van der Waals surface area contributed by atoms with Gasteiger partial charge in [0.25, 0.3) is 0 Å². The van der Waals surface area contributed by atoms with Crippen molar-refractivity contribution in [3.8, 4) is 0 Å². The first kappa shape index (κ1) is 12.2. The molecule has 0 radical (unpaired) electrons. The van der Waals surface area contributed by atoms with Crippen molar-refractivity contribution in [2.24, 2.45) is 5.92 Å². The maximum absolute atomic E-state index is 9.91. The fourth-order valence-corrected chi connectivity index (χ4v) is 1.49. The molecule has 1 atom stereocenters. The zero-order valence-corrected chi connectivity index (χ0v) is 9.77. The standard InChI is InChI=1S/C11H21N3O/c1-4-14-8-13-6-10(14)11(15)7-12-5-9(2)3/h6,8-9,11-12,15H,4-5,7H2,1-3H3. The monoisotopic (exact) mass is 211 g/mol. The topological polar surface area (TPSA) is 50.1 Å². The van der Waals surface area contributed by atoms with Crippen LogP contribution >= 0.6 is 0 Å². The summed E-state index contributed by atoms with van der Waals surface area (Å²) >= 11 is 0. The van der Waals surface area contributed by atoms with Crippen LogP contribution in [0.4, 0.5) is 0 Å². The fourth-order valence-electron chi connectivity index (χ4n) is 1.49. The number of aryl methyl sites for hydroxylation is 1. The van der Waals surface area contributed by atoms with Gasteiger partial charge in [0.1, 0.15) is 6.10 Å². The van der Waals surface area contributed by atoms with Crippen LogP contribution in [0.25, 0.3) is 0 Å². The van der Waals surface area contributed by atoms with Gasteiger partial charge in [-0.3, -0.25) is 0 Å². The van der Waals surface area contributed by atoms with E-state index in [2.05, 4.69) is 24.1 Å². The van der Waals surface area contributed by atoms with Gasteiger partial charge in [-0.2, -0.15) is 0 Å². The third kappa shape index (κ3) is 3.64. The Labute approximate surface area is 91.3 Å². The van der Waals surface area contributed by atoms with E-state index in [9.17, 15) is 5.11 Å². The minimum atomic E-state index is -0.466. The van der Waals surface area contributed by atoms with Crippen LogP contribution in [0.2, 0.25) is 0 Å². The van der Waals surface area contributed by atoms with E-state index in [0.717, 1.165) is 18.8 Å². The van der Waals surface area contributed by atoms with E-state index in [4.69, 9.17) is 0 Å². The lowest BCUT2D eigenvalue weighted by Gasteiger charge is -2.14. The first-order chi connectivity index (χ1) is 7.15. The number of hydrogen-bond donors (Lipinski definition) is 2. The Bertz CT molecular complexity index is 283. The van der Waals surface area contributed by atoms with Crippen LogP contribution in [0.5, 0.6) is 0 Å². The third-order valence-corrected chi connectivity index (χ3v) is 2.32. The van der Waals surface area contributed by atoms with E-state index in [1.807, 2.05) is 11.5 Å². The number of rotatable bonds is 6. The molecule has 15 heavy (non-hydrogen) atoms. The number of imidazole rings is 1. The zero-order chi connectivity index (χ0) is 11.3. The van der Waals surface area contributed by atoms with E-state index in [-0.39, 0.29) is 0 Å². The molecule has 1 aromatic heterocycles. The number of aliphatic hydroxyl groups is 1. The largest absolute Gasteiger partial charge is 0.385 e. The minimum Gasteiger partial charge on any atom is -0.385 e. The van der Waals surface area contributed by atoms with Crippen LogP contribution in [0, 0.1) is 5.92 Å². The molecule has 0 fully saturated rings. The molecule has 0 amide bonds. The summed E-state index contributed by atoms with van der Waals surface area (Å²) in [4.78, 5) is 4.03. The van der Waals surface area contributed by atoms with Crippen LogP contribution in [0.3, 0.4) is 0 Å². The van der Waals surface area contributed by atoms with Gasteiger partial charge in [-0.25, -0.2) is 4.98 Å². The normalized spacial score (nSPS) is 13.4. The predicted molar refractivity (Wildman–Crippen MR) is 60.6 cm³/mol. The van der Waals surface area contributed by atoms with Crippen LogP contribution in [0.1, 0.15) is 32.6 Å².